The van der Waals surface area contributed by atoms with Gasteiger partial charge in [0.15, 0.2) is 0 Å². The van der Waals surface area contributed by atoms with E-state index in [1.807, 2.05) is 33.3 Å². The van der Waals surface area contributed by atoms with Gasteiger partial charge in [-0.2, -0.15) is 0 Å². The number of carbonyl (C=O) groups excluding carboxylic acids is 2. The lowest BCUT2D eigenvalue weighted by molar-refractivity contribution is -0.870. The first kappa shape index (κ1) is 75.7. The number of rotatable bonds is 60. The Balaban J connectivity index is 5.21. The summed E-state index contributed by atoms with van der Waals surface area (Å²) in [4.78, 5) is 37.8. The van der Waals surface area contributed by atoms with E-state index in [4.69, 9.17) is 13.8 Å². The highest BCUT2D eigenvalue weighted by Crippen LogP contribution is 2.43. The third-order valence-electron chi connectivity index (χ3n) is 14.7. The molecule has 9 nitrogen and oxygen atoms in total. The average molecular weight is 1120 g/mol. The van der Waals surface area contributed by atoms with Gasteiger partial charge in [0.05, 0.1) is 33.8 Å². The molecular weight excluding hydrogens is 988 g/mol. The Labute approximate surface area is 483 Å². The first-order valence-electron chi connectivity index (χ1n) is 33.1. The number of phosphoric ester groups is 1. The fourth-order valence-electron chi connectivity index (χ4n) is 9.57. The summed E-state index contributed by atoms with van der Waals surface area (Å²) >= 11 is 0. The number of carbonyl (C=O) groups is 2. The van der Waals surface area contributed by atoms with Crippen LogP contribution in [0.3, 0.4) is 0 Å². The van der Waals surface area contributed by atoms with Crippen LogP contribution < -0.4 is 5.32 Å². The van der Waals surface area contributed by atoms with Crippen LogP contribution in [-0.2, 0) is 27.9 Å². The molecule has 0 saturated carbocycles. The van der Waals surface area contributed by atoms with Gasteiger partial charge in [-0.05, 0) is 76.7 Å². The molecule has 0 aliphatic heterocycles. The van der Waals surface area contributed by atoms with E-state index in [1.54, 1.807) is 0 Å². The number of hydrogen-bond acceptors (Lipinski definition) is 6. The van der Waals surface area contributed by atoms with E-state index >= 15 is 0 Å². The summed E-state index contributed by atoms with van der Waals surface area (Å²) in [5.41, 5.74) is 0. The Morgan fingerprint density at radius 3 is 1.19 bits per heavy atom. The molecule has 0 saturated heterocycles. The van der Waals surface area contributed by atoms with Gasteiger partial charge in [-0.1, -0.05) is 281 Å². The zero-order valence-electron chi connectivity index (χ0n) is 52.2. The molecule has 0 spiro atoms. The monoisotopic (exact) mass is 1120 g/mol. The molecule has 0 aromatic rings. The fraction of sp³-hybridized carbons (Fsp3) is 0.824. The molecule has 2 N–H and O–H groups in total. The average Bonchev–Trinajstić information content (AvgIpc) is 3.40. The van der Waals surface area contributed by atoms with Crippen LogP contribution in [0.15, 0.2) is 60.8 Å². The number of esters is 1. The number of likely N-dealkylation sites (N-methyl/N-ethyl adjacent to an activating group) is 1. The van der Waals surface area contributed by atoms with Gasteiger partial charge in [-0.15, -0.1) is 0 Å². The summed E-state index contributed by atoms with van der Waals surface area (Å²) in [5.74, 6) is -0.515. The van der Waals surface area contributed by atoms with Crippen molar-refractivity contribution in [3.63, 3.8) is 0 Å². The molecule has 0 aromatic carbocycles. The Morgan fingerprint density at radius 2 is 0.782 bits per heavy atom. The van der Waals surface area contributed by atoms with Crippen molar-refractivity contribution in [2.75, 3.05) is 40.9 Å². The van der Waals surface area contributed by atoms with E-state index in [9.17, 15) is 19.0 Å². The summed E-state index contributed by atoms with van der Waals surface area (Å²) in [6.07, 6.45) is 73.6. The first-order valence-corrected chi connectivity index (χ1v) is 34.6. The molecule has 0 rings (SSSR count). The van der Waals surface area contributed by atoms with Crippen LogP contribution in [0.2, 0.25) is 0 Å². The predicted octanol–water partition coefficient (Wildman–Crippen LogP) is 20.6. The minimum atomic E-state index is -4.45. The van der Waals surface area contributed by atoms with Crippen molar-refractivity contribution in [1.82, 2.24) is 5.32 Å². The van der Waals surface area contributed by atoms with Crippen LogP contribution >= 0.6 is 7.82 Å². The number of nitrogens with one attached hydrogen (secondary N) is 1. The molecule has 3 unspecified atom stereocenters. The first-order chi connectivity index (χ1) is 37.9. The molecule has 0 bridgehead atoms. The third kappa shape index (κ3) is 58.4. The highest BCUT2D eigenvalue weighted by Gasteiger charge is 2.30. The number of phosphoric acid groups is 1. The smallest absolute Gasteiger partial charge is 0.456 e. The second-order valence-corrected chi connectivity index (χ2v) is 25.1. The number of hydrogen-bond donors (Lipinski definition) is 2. The summed E-state index contributed by atoms with van der Waals surface area (Å²) in [6, 6.07) is -0.856. The number of ether oxygens (including phenoxy) is 1. The van der Waals surface area contributed by atoms with E-state index in [0.29, 0.717) is 17.4 Å². The number of unbranched alkanes of at least 4 members (excludes halogenated alkanes) is 36. The van der Waals surface area contributed by atoms with Crippen molar-refractivity contribution < 1.29 is 37.3 Å². The van der Waals surface area contributed by atoms with Gasteiger partial charge in [-0.3, -0.25) is 18.6 Å². The molecule has 0 heterocycles. The van der Waals surface area contributed by atoms with Crippen molar-refractivity contribution >= 4 is 19.7 Å². The van der Waals surface area contributed by atoms with Gasteiger partial charge in [0.1, 0.15) is 19.3 Å². The maximum absolute atomic E-state index is 13.6. The van der Waals surface area contributed by atoms with Gasteiger partial charge in [0.25, 0.3) is 0 Å². The van der Waals surface area contributed by atoms with Crippen LogP contribution in [0.1, 0.15) is 310 Å². The Morgan fingerprint density at radius 1 is 0.449 bits per heavy atom. The van der Waals surface area contributed by atoms with Crippen molar-refractivity contribution in [3.05, 3.63) is 60.8 Å². The Kier molecular flexibility index (Phi) is 56.2. The highest BCUT2D eigenvalue weighted by molar-refractivity contribution is 7.47. The van der Waals surface area contributed by atoms with Crippen LogP contribution in [0.25, 0.3) is 0 Å². The molecule has 0 radical (unpaired) electrons. The number of nitrogens with zero attached hydrogens (tertiary/aromatic N) is 1. The highest BCUT2D eigenvalue weighted by atomic mass is 31.2. The summed E-state index contributed by atoms with van der Waals surface area (Å²) < 4.78 is 30.7. The maximum Gasteiger partial charge on any atom is 0.472 e. The molecular formula is C68H128N2O7P+. The summed E-state index contributed by atoms with van der Waals surface area (Å²) in [6.45, 7) is 7.00. The molecule has 1 amide bonds. The standard InChI is InChI=1S/C68H127N2O7P/c1-7-10-13-16-19-22-25-28-30-32-34-35-37-39-41-43-46-49-52-55-58-61-68(72)77-66(59-56-53-50-47-44-27-24-21-18-15-12-9-3)65(64-76-78(73,74)75-63-62-70(4,5)6)69-67(71)60-57-54-51-48-45-42-40-38-36-33-31-29-26-23-20-17-14-11-8-2/h19,22,28,30,34-35,39,41,56,59,65-66H,7-18,20-21,23-27,29,31-33,36-38,40,42-55,57-58,60-64H2,1-6H3,(H-,69,71,73,74)/p+1/b22-19-,30-28-,35-34-,41-39-,59-56+. The van der Waals surface area contributed by atoms with E-state index < -0.39 is 20.0 Å². The normalized spacial score (nSPS) is 14.0. The zero-order chi connectivity index (χ0) is 57.2. The van der Waals surface area contributed by atoms with Crippen molar-refractivity contribution in [2.24, 2.45) is 0 Å². The molecule has 0 aliphatic rings. The lowest BCUT2D eigenvalue weighted by Crippen LogP contribution is -2.47. The van der Waals surface area contributed by atoms with E-state index in [-0.39, 0.29) is 31.5 Å². The van der Waals surface area contributed by atoms with E-state index in [1.165, 1.54) is 180 Å². The SMILES string of the molecule is CCCCC/C=C\C/C=C\C/C=C\C/C=C\CCCCCCCC(=O)OC(/C=C/CCCCCCCCCCCC)C(COP(=O)(O)OCC[N+](C)(C)C)NC(=O)CCCCCCCCCCCCCCCCCCCCC. The summed E-state index contributed by atoms with van der Waals surface area (Å²) in [5, 5.41) is 3.06. The molecule has 78 heavy (non-hydrogen) atoms. The van der Waals surface area contributed by atoms with E-state index in [2.05, 4.69) is 74.7 Å². The molecule has 456 valence electrons. The maximum atomic E-state index is 13.6. The third-order valence-corrected chi connectivity index (χ3v) is 15.7. The van der Waals surface area contributed by atoms with Gasteiger partial charge in [0, 0.05) is 12.8 Å². The predicted molar refractivity (Wildman–Crippen MR) is 337 cm³/mol. The van der Waals surface area contributed by atoms with Crippen LogP contribution in [0.4, 0.5) is 0 Å². The second kappa shape index (κ2) is 57.9. The Bertz CT molecular complexity index is 1520. The minimum absolute atomic E-state index is 0.0371. The number of amides is 1. The van der Waals surface area contributed by atoms with Gasteiger partial charge >= 0.3 is 13.8 Å². The van der Waals surface area contributed by atoms with E-state index in [0.717, 1.165) is 96.3 Å². The van der Waals surface area contributed by atoms with Crippen molar-refractivity contribution in [2.45, 2.75) is 322 Å². The van der Waals surface area contributed by atoms with Crippen LogP contribution in [0.5, 0.6) is 0 Å². The second-order valence-electron chi connectivity index (χ2n) is 23.6. The minimum Gasteiger partial charge on any atom is -0.456 e. The molecule has 10 heteroatoms. The van der Waals surface area contributed by atoms with Gasteiger partial charge in [0.2, 0.25) is 5.91 Å². The molecule has 0 aliphatic carbocycles. The van der Waals surface area contributed by atoms with Crippen LogP contribution in [0, 0.1) is 0 Å². The lowest BCUT2D eigenvalue weighted by atomic mass is 10.0. The zero-order valence-corrected chi connectivity index (χ0v) is 53.1. The summed E-state index contributed by atoms with van der Waals surface area (Å²) in [7, 11) is 1.49. The molecule has 0 aromatic heterocycles. The molecule has 3 atom stereocenters. The van der Waals surface area contributed by atoms with Crippen molar-refractivity contribution in [1.29, 1.82) is 0 Å². The molecule has 0 fully saturated rings. The number of allylic oxidation sites excluding steroid dienone is 9. The topological polar surface area (TPSA) is 111 Å². The van der Waals surface area contributed by atoms with Crippen molar-refractivity contribution in [3.8, 4) is 0 Å². The van der Waals surface area contributed by atoms with Crippen LogP contribution in [-0.4, -0.2) is 74.3 Å². The quantitative estimate of drug-likeness (QED) is 0.0205. The fourth-order valence-corrected chi connectivity index (χ4v) is 10.3. The Hall–Kier alpha value is -2.29. The van der Waals surface area contributed by atoms with Gasteiger partial charge in [-0.25, -0.2) is 4.57 Å². The largest absolute Gasteiger partial charge is 0.472 e. The number of quaternary nitrogens is 1. The van der Waals surface area contributed by atoms with Gasteiger partial charge < -0.3 is 19.4 Å². The lowest BCUT2D eigenvalue weighted by Gasteiger charge is -2.27.